The standard InChI is InChI=1S/C18H22N4O2/c1-13-9-17(22-7-3-2-4-8-22)21-18(20-13)19-11-14-5-6-15-16(10-14)24-12-23-15/h5-6,9-10H,2-4,7-8,11-12H2,1H3,(H,19,20,21). The number of ether oxygens (including phenoxy) is 2. The molecule has 1 aromatic heterocycles. The van der Waals surface area contributed by atoms with Crippen LogP contribution in [0.3, 0.4) is 0 Å². The molecule has 126 valence electrons. The van der Waals surface area contributed by atoms with Crippen LogP contribution in [0.2, 0.25) is 0 Å². The van der Waals surface area contributed by atoms with Crippen LogP contribution < -0.4 is 19.7 Å². The minimum absolute atomic E-state index is 0.298. The van der Waals surface area contributed by atoms with Crippen molar-refractivity contribution in [2.24, 2.45) is 0 Å². The molecule has 1 fully saturated rings. The van der Waals surface area contributed by atoms with Crippen molar-refractivity contribution in [2.45, 2.75) is 32.7 Å². The fraction of sp³-hybridized carbons (Fsp3) is 0.444. The molecule has 24 heavy (non-hydrogen) atoms. The molecular formula is C18H22N4O2. The third kappa shape index (κ3) is 3.22. The maximum atomic E-state index is 5.42. The van der Waals surface area contributed by atoms with Crippen molar-refractivity contribution in [3.8, 4) is 11.5 Å². The molecule has 2 aliphatic heterocycles. The van der Waals surface area contributed by atoms with E-state index in [0.29, 0.717) is 19.3 Å². The van der Waals surface area contributed by atoms with E-state index in [0.717, 1.165) is 41.7 Å². The Hall–Kier alpha value is -2.50. The van der Waals surface area contributed by atoms with Crippen molar-refractivity contribution in [3.05, 3.63) is 35.5 Å². The molecular weight excluding hydrogens is 304 g/mol. The smallest absolute Gasteiger partial charge is 0.231 e. The third-order valence-corrected chi connectivity index (χ3v) is 4.41. The number of hydrogen-bond donors (Lipinski definition) is 1. The van der Waals surface area contributed by atoms with Gasteiger partial charge >= 0.3 is 0 Å². The van der Waals surface area contributed by atoms with Crippen molar-refractivity contribution in [1.29, 1.82) is 0 Å². The first-order chi connectivity index (χ1) is 11.8. The second-order valence-corrected chi connectivity index (χ2v) is 6.28. The lowest BCUT2D eigenvalue weighted by Crippen LogP contribution is -2.30. The van der Waals surface area contributed by atoms with Crippen LogP contribution in [-0.4, -0.2) is 29.9 Å². The molecule has 6 nitrogen and oxygen atoms in total. The number of rotatable bonds is 4. The zero-order valence-electron chi connectivity index (χ0n) is 13.9. The summed E-state index contributed by atoms with van der Waals surface area (Å²) in [5.74, 6) is 3.30. The van der Waals surface area contributed by atoms with Crippen LogP contribution in [0.15, 0.2) is 24.3 Å². The van der Waals surface area contributed by atoms with E-state index in [9.17, 15) is 0 Å². The maximum Gasteiger partial charge on any atom is 0.231 e. The number of aromatic nitrogens is 2. The van der Waals surface area contributed by atoms with E-state index in [4.69, 9.17) is 14.5 Å². The summed E-state index contributed by atoms with van der Waals surface area (Å²) in [4.78, 5) is 11.6. The molecule has 0 aliphatic carbocycles. The Morgan fingerprint density at radius 2 is 1.88 bits per heavy atom. The summed E-state index contributed by atoms with van der Waals surface area (Å²) in [6, 6.07) is 8.03. The van der Waals surface area contributed by atoms with Gasteiger partial charge in [-0.1, -0.05) is 6.07 Å². The highest BCUT2D eigenvalue weighted by molar-refractivity contribution is 5.47. The fourth-order valence-corrected chi connectivity index (χ4v) is 3.15. The monoisotopic (exact) mass is 326 g/mol. The molecule has 4 rings (SSSR count). The minimum Gasteiger partial charge on any atom is -0.454 e. The number of fused-ring (bicyclic) bond motifs is 1. The van der Waals surface area contributed by atoms with Crippen LogP contribution in [0.25, 0.3) is 0 Å². The van der Waals surface area contributed by atoms with Crippen LogP contribution in [0.1, 0.15) is 30.5 Å². The summed E-state index contributed by atoms with van der Waals surface area (Å²) in [5.41, 5.74) is 2.10. The Balaban J connectivity index is 1.47. The van der Waals surface area contributed by atoms with Gasteiger partial charge in [0.15, 0.2) is 11.5 Å². The van der Waals surface area contributed by atoms with Gasteiger partial charge in [-0.3, -0.25) is 0 Å². The summed E-state index contributed by atoms with van der Waals surface area (Å²) < 4.78 is 10.8. The molecule has 0 atom stereocenters. The number of piperidine rings is 1. The van der Waals surface area contributed by atoms with E-state index in [-0.39, 0.29) is 0 Å². The molecule has 0 saturated carbocycles. The van der Waals surface area contributed by atoms with Gasteiger partial charge in [-0.2, -0.15) is 4.98 Å². The van der Waals surface area contributed by atoms with E-state index >= 15 is 0 Å². The van der Waals surface area contributed by atoms with Crippen LogP contribution in [0.4, 0.5) is 11.8 Å². The molecule has 1 aromatic carbocycles. The summed E-state index contributed by atoms with van der Waals surface area (Å²) >= 11 is 0. The molecule has 2 aromatic rings. The lowest BCUT2D eigenvalue weighted by Gasteiger charge is -2.28. The average molecular weight is 326 g/mol. The van der Waals surface area contributed by atoms with Gasteiger partial charge < -0.3 is 19.7 Å². The SMILES string of the molecule is Cc1cc(N2CCCCC2)nc(NCc2ccc3c(c2)OCO3)n1. The largest absolute Gasteiger partial charge is 0.454 e. The molecule has 3 heterocycles. The second kappa shape index (κ2) is 6.55. The predicted molar refractivity (Wildman–Crippen MR) is 92.7 cm³/mol. The van der Waals surface area contributed by atoms with Crippen LogP contribution in [0.5, 0.6) is 11.5 Å². The second-order valence-electron chi connectivity index (χ2n) is 6.28. The number of benzene rings is 1. The van der Waals surface area contributed by atoms with Gasteiger partial charge in [-0.15, -0.1) is 0 Å². The number of nitrogens with one attached hydrogen (secondary N) is 1. The summed E-state index contributed by atoms with van der Waals surface area (Å²) in [6.07, 6.45) is 3.79. The molecule has 6 heteroatoms. The average Bonchev–Trinajstić information content (AvgIpc) is 3.08. The summed E-state index contributed by atoms with van der Waals surface area (Å²) in [5, 5.41) is 3.33. The molecule has 0 amide bonds. The highest BCUT2D eigenvalue weighted by Gasteiger charge is 2.15. The van der Waals surface area contributed by atoms with Crippen molar-refractivity contribution in [1.82, 2.24) is 9.97 Å². The Kier molecular flexibility index (Phi) is 4.11. The molecule has 0 radical (unpaired) electrons. The van der Waals surface area contributed by atoms with Gasteiger partial charge in [-0.05, 0) is 43.9 Å². The first-order valence-corrected chi connectivity index (χ1v) is 8.51. The normalized spacial score (nSPS) is 16.3. The van der Waals surface area contributed by atoms with Crippen molar-refractivity contribution < 1.29 is 9.47 Å². The third-order valence-electron chi connectivity index (χ3n) is 4.41. The Labute approximate surface area is 141 Å². The van der Waals surface area contributed by atoms with Gasteiger partial charge in [0.2, 0.25) is 12.7 Å². The van der Waals surface area contributed by atoms with Crippen LogP contribution in [0, 0.1) is 6.92 Å². The molecule has 1 N–H and O–H groups in total. The maximum absolute atomic E-state index is 5.42. The summed E-state index contributed by atoms with van der Waals surface area (Å²) in [7, 11) is 0. The zero-order valence-corrected chi connectivity index (χ0v) is 13.9. The van der Waals surface area contributed by atoms with Crippen molar-refractivity contribution >= 4 is 11.8 Å². The molecule has 0 bridgehead atoms. The van der Waals surface area contributed by atoms with E-state index < -0.39 is 0 Å². The molecule has 0 unspecified atom stereocenters. The van der Waals surface area contributed by atoms with E-state index in [1.807, 2.05) is 25.1 Å². The van der Waals surface area contributed by atoms with Crippen molar-refractivity contribution in [2.75, 3.05) is 30.1 Å². The van der Waals surface area contributed by atoms with Gasteiger partial charge in [0, 0.05) is 31.4 Å². The molecule has 1 saturated heterocycles. The van der Waals surface area contributed by atoms with Gasteiger partial charge in [0.1, 0.15) is 5.82 Å². The highest BCUT2D eigenvalue weighted by Crippen LogP contribution is 2.32. The lowest BCUT2D eigenvalue weighted by molar-refractivity contribution is 0.174. The Bertz CT molecular complexity index is 729. The fourth-order valence-electron chi connectivity index (χ4n) is 3.15. The predicted octanol–water partition coefficient (Wildman–Crippen LogP) is 3.12. The minimum atomic E-state index is 0.298. The Morgan fingerprint density at radius 1 is 1.04 bits per heavy atom. The first-order valence-electron chi connectivity index (χ1n) is 8.51. The molecule has 0 spiro atoms. The quantitative estimate of drug-likeness (QED) is 0.931. The lowest BCUT2D eigenvalue weighted by atomic mass is 10.1. The topological polar surface area (TPSA) is 59.5 Å². The van der Waals surface area contributed by atoms with Crippen molar-refractivity contribution in [3.63, 3.8) is 0 Å². The molecule has 2 aliphatic rings. The number of anilines is 2. The van der Waals surface area contributed by atoms with Crippen LogP contribution >= 0.6 is 0 Å². The van der Waals surface area contributed by atoms with Gasteiger partial charge in [0.05, 0.1) is 0 Å². The van der Waals surface area contributed by atoms with Gasteiger partial charge in [-0.25, -0.2) is 4.98 Å². The number of nitrogens with zero attached hydrogens (tertiary/aromatic N) is 3. The van der Waals surface area contributed by atoms with E-state index in [1.54, 1.807) is 0 Å². The zero-order chi connectivity index (χ0) is 16.4. The number of hydrogen-bond acceptors (Lipinski definition) is 6. The number of aryl methyl sites for hydroxylation is 1. The van der Waals surface area contributed by atoms with Crippen LogP contribution in [-0.2, 0) is 6.54 Å². The Morgan fingerprint density at radius 3 is 2.75 bits per heavy atom. The first kappa shape index (κ1) is 15.1. The highest BCUT2D eigenvalue weighted by atomic mass is 16.7. The van der Waals surface area contributed by atoms with Gasteiger partial charge in [0.25, 0.3) is 0 Å². The van der Waals surface area contributed by atoms with E-state index in [1.165, 1.54) is 19.3 Å². The summed E-state index contributed by atoms with van der Waals surface area (Å²) in [6.45, 7) is 5.13. The van der Waals surface area contributed by atoms with E-state index in [2.05, 4.69) is 21.3 Å².